The van der Waals surface area contributed by atoms with Crippen molar-refractivity contribution in [3.8, 4) is 5.75 Å². The summed E-state index contributed by atoms with van der Waals surface area (Å²) < 4.78 is 11.8. The van der Waals surface area contributed by atoms with Crippen molar-refractivity contribution in [1.82, 2.24) is 5.01 Å². The van der Waals surface area contributed by atoms with Gasteiger partial charge in [-0.25, -0.2) is 5.01 Å². The molecule has 27 heavy (non-hydrogen) atoms. The second kappa shape index (κ2) is 7.40. The van der Waals surface area contributed by atoms with E-state index in [9.17, 15) is 4.79 Å². The number of hydrogen-bond acceptors (Lipinski definition) is 4. The number of rotatable bonds is 4. The highest BCUT2D eigenvalue weighted by molar-refractivity contribution is 9.10. The van der Waals surface area contributed by atoms with E-state index in [0.29, 0.717) is 23.5 Å². The van der Waals surface area contributed by atoms with Crippen LogP contribution in [-0.4, -0.2) is 23.7 Å². The zero-order valence-corrected chi connectivity index (χ0v) is 16.2. The quantitative estimate of drug-likeness (QED) is 0.589. The summed E-state index contributed by atoms with van der Waals surface area (Å²) in [6, 6.07) is 18.4. The van der Waals surface area contributed by atoms with E-state index in [0.717, 1.165) is 15.7 Å². The Morgan fingerprint density at radius 3 is 2.70 bits per heavy atom. The average Bonchev–Trinajstić information content (AvgIpc) is 3.37. The minimum Gasteiger partial charge on any atom is -0.497 e. The first-order chi connectivity index (χ1) is 13.2. The fourth-order valence-corrected chi connectivity index (χ4v) is 3.37. The molecule has 3 aromatic rings. The van der Waals surface area contributed by atoms with Crippen LogP contribution in [0, 0.1) is 0 Å². The Labute approximate surface area is 165 Å². The van der Waals surface area contributed by atoms with E-state index in [4.69, 9.17) is 9.15 Å². The van der Waals surface area contributed by atoms with Crippen LogP contribution < -0.4 is 4.74 Å². The molecule has 0 saturated heterocycles. The molecule has 0 radical (unpaired) electrons. The lowest BCUT2D eigenvalue weighted by Gasteiger charge is -2.20. The maximum atomic E-state index is 13.2. The Bertz CT molecular complexity index is 981. The number of hydrogen-bond donors (Lipinski definition) is 0. The van der Waals surface area contributed by atoms with Crippen LogP contribution in [0.4, 0.5) is 0 Å². The van der Waals surface area contributed by atoms with Crippen LogP contribution in [0.15, 0.2) is 80.9 Å². The summed E-state index contributed by atoms with van der Waals surface area (Å²) in [4.78, 5) is 13.2. The molecule has 136 valence electrons. The molecule has 0 saturated carbocycles. The third kappa shape index (κ3) is 3.53. The summed E-state index contributed by atoms with van der Waals surface area (Å²) in [7, 11) is 1.58. The van der Waals surface area contributed by atoms with Gasteiger partial charge in [0.2, 0.25) is 0 Å². The lowest BCUT2D eigenvalue weighted by molar-refractivity contribution is 0.0692. The first kappa shape index (κ1) is 17.5. The molecule has 1 amide bonds. The van der Waals surface area contributed by atoms with Gasteiger partial charge in [-0.3, -0.25) is 4.79 Å². The van der Waals surface area contributed by atoms with E-state index in [1.807, 2.05) is 36.4 Å². The van der Waals surface area contributed by atoms with Crippen molar-refractivity contribution in [1.29, 1.82) is 0 Å². The number of amides is 1. The molecule has 4 rings (SSSR count). The maximum absolute atomic E-state index is 13.2. The van der Waals surface area contributed by atoms with Gasteiger partial charge in [0.1, 0.15) is 17.6 Å². The van der Waals surface area contributed by atoms with Crippen molar-refractivity contribution in [2.24, 2.45) is 5.10 Å². The van der Waals surface area contributed by atoms with Gasteiger partial charge in [0.25, 0.3) is 5.91 Å². The number of benzene rings is 2. The third-order valence-electron chi connectivity index (χ3n) is 4.48. The van der Waals surface area contributed by atoms with Crippen molar-refractivity contribution >= 4 is 27.5 Å². The Balaban J connectivity index is 1.71. The molecule has 1 aliphatic heterocycles. The summed E-state index contributed by atoms with van der Waals surface area (Å²) in [5.74, 6) is 1.15. The maximum Gasteiger partial charge on any atom is 0.274 e. The van der Waals surface area contributed by atoms with Crippen molar-refractivity contribution < 1.29 is 13.9 Å². The summed E-state index contributed by atoms with van der Waals surface area (Å²) in [6.45, 7) is 0. The van der Waals surface area contributed by atoms with Gasteiger partial charge in [-0.15, -0.1) is 0 Å². The molecule has 0 spiro atoms. The molecule has 2 aromatic carbocycles. The third-order valence-corrected chi connectivity index (χ3v) is 5.01. The molecule has 6 heteroatoms. The van der Waals surface area contributed by atoms with Crippen molar-refractivity contribution in [2.75, 3.05) is 7.11 Å². The number of halogens is 1. The van der Waals surface area contributed by atoms with Gasteiger partial charge in [-0.05, 0) is 48.0 Å². The number of carbonyl (C=O) groups is 1. The monoisotopic (exact) mass is 424 g/mol. The fourth-order valence-electron chi connectivity index (χ4n) is 3.11. The van der Waals surface area contributed by atoms with Crippen LogP contribution >= 0.6 is 15.9 Å². The van der Waals surface area contributed by atoms with E-state index >= 15 is 0 Å². The largest absolute Gasteiger partial charge is 0.497 e. The van der Waals surface area contributed by atoms with Gasteiger partial charge >= 0.3 is 0 Å². The molecule has 1 aliphatic rings. The highest BCUT2D eigenvalue weighted by Gasteiger charge is 2.35. The smallest absolute Gasteiger partial charge is 0.274 e. The van der Waals surface area contributed by atoms with Crippen LogP contribution in [0.2, 0.25) is 0 Å². The molecule has 2 heterocycles. The molecule has 1 atom stereocenters. The Hall–Kier alpha value is -2.86. The highest BCUT2D eigenvalue weighted by atomic mass is 79.9. The minimum absolute atomic E-state index is 0.192. The van der Waals surface area contributed by atoms with Gasteiger partial charge in [0.05, 0.1) is 19.1 Å². The van der Waals surface area contributed by atoms with Gasteiger partial charge in [0.15, 0.2) is 0 Å². The number of ether oxygens (including phenoxy) is 1. The zero-order chi connectivity index (χ0) is 18.8. The van der Waals surface area contributed by atoms with Gasteiger partial charge in [-0.2, -0.15) is 5.10 Å². The highest BCUT2D eigenvalue weighted by Crippen LogP contribution is 2.34. The van der Waals surface area contributed by atoms with Gasteiger partial charge < -0.3 is 9.15 Å². The summed E-state index contributed by atoms with van der Waals surface area (Å²) in [6.07, 6.45) is 2.20. The van der Waals surface area contributed by atoms with Crippen molar-refractivity contribution in [3.63, 3.8) is 0 Å². The Morgan fingerprint density at radius 1 is 1.19 bits per heavy atom. The molecular weight excluding hydrogens is 408 g/mol. The lowest BCUT2D eigenvalue weighted by atomic mass is 10.0. The van der Waals surface area contributed by atoms with Crippen LogP contribution in [0.25, 0.3) is 0 Å². The molecule has 1 aromatic heterocycles. The van der Waals surface area contributed by atoms with E-state index < -0.39 is 0 Å². The molecule has 0 N–H and O–H groups in total. The number of methoxy groups -OCH3 is 1. The fraction of sp³-hybridized carbons (Fsp3) is 0.143. The van der Waals surface area contributed by atoms with E-state index in [1.165, 1.54) is 5.01 Å². The van der Waals surface area contributed by atoms with Crippen LogP contribution in [0.1, 0.15) is 34.1 Å². The number of carbonyl (C=O) groups excluding carboxylic acids is 1. The molecule has 0 fully saturated rings. The normalized spacial score (nSPS) is 16.3. The second-order valence-corrected chi connectivity index (χ2v) is 7.09. The number of hydrazone groups is 1. The topological polar surface area (TPSA) is 55.0 Å². The molecule has 1 unspecified atom stereocenters. The number of furan rings is 1. The molecule has 0 bridgehead atoms. The Morgan fingerprint density at radius 2 is 2.00 bits per heavy atom. The van der Waals surface area contributed by atoms with Crippen molar-refractivity contribution in [3.05, 3.63) is 88.3 Å². The molecule has 5 nitrogen and oxygen atoms in total. The zero-order valence-electron chi connectivity index (χ0n) is 14.6. The van der Waals surface area contributed by atoms with Crippen LogP contribution in [0.3, 0.4) is 0 Å². The first-order valence-corrected chi connectivity index (χ1v) is 9.29. The average molecular weight is 425 g/mol. The van der Waals surface area contributed by atoms with Crippen LogP contribution in [-0.2, 0) is 0 Å². The summed E-state index contributed by atoms with van der Waals surface area (Å²) in [5, 5.41) is 6.15. The van der Waals surface area contributed by atoms with E-state index in [1.54, 1.807) is 37.6 Å². The van der Waals surface area contributed by atoms with Gasteiger partial charge in [0, 0.05) is 16.5 Å². The summed E-state index contributed by atoms with van der Waals surface area (Å²) >= 11 is 3.45. The summed E-state index contributed by atoms with van der Waals surface area (Å²) in [5.41, 5.74) is 2.35. The van der Waals surface area contributed by atoms with Crippen molar-refractivity contribution in [2.45, 2.75) is 12.5 Å². The van der Waals surface area contributed by atoms with Gasteiger partial charge in [-0.1, -0.05) is 34.1 Å². The second-order valence-electron chi connectivity index (χ2n) is 6.17. The lowest BCUT2D eigenvalue weighted by Crippen LogP contribution is -2.26. The number of nitrogens with zero attached hydrogens (tertiary/aromatic N) is 2. The van der Waals surface area contributed by atoms with E-state index in [2.05, 4.69) is 21.0 Å². The van der Waals surface area contributed by atoms with Crippen LogP contribution in [0.5, 0.6) is 5.75 Å². The Kier molecular flexibility index (Phi) is 4.81. The predicted molar refractivity (Wildman–Crippen MR) is 106 cm³/mol. The SMILES string of the molecule is COc1cccc(C(=O)N2N=C(c3ccc(Br)cc3)CC2c2ccco2)c1. The first-order valence-electron chi connectivity index (χ1n) is 8.50. The predicted octanol–water partition coefficient (Wildman–Crippen LogP) is 5.04. The molecular formula is C21H17BrN2O3. The molecule has 0 aliphatic carbocycles. The minimum atomic E-state index is -0.280. The van der Waals surface area contributed by atoms with E-state index in [-0.39, 0.29) is 11.9 Å². The standard InChI is InChI=1S/C21H17BrN2O3/c1-26-17-5-2-4-15(12-17)21(25)24-19(20-6-3-11-27-20)13-18(23-24)14-7-9-16(22)10-8-14/h2-12,19H,13H2,1H3.